The van der Waals surface area contributed by atoms with Gasteiger partial charge in [-0.3, -0.25) is 4.79 Å². The van der Waals surface area contributed by atoms with E-state index < -0.39 is 5.97 Å². The third-order valence-electron chi connectivity index (χ3n) is 3.02. The Balaban J connectivity index is 1.83. The molecule has 1 aromatic carbocycles. The van der Waals surface area contributed by atoms with E-state index in [0.717, 1.165) is 11.4 Å². The summed E-state index contributed by atoms with van der Waals surface area (Å²) in [6.07, 6.45) is 2.48. The van der Waals surface area contributed by atoms with Gasteiger partial charge in [0.05, 0.1) is 23.5 Å². The average molecular weight is 229 g/mol. The molecule has 1 aliphatic rings. The van der Waals surface area contributed by atoms with Gasteiger partial charge in [0.25, 0.3) is 0 Å². The first kappa shape index (κ1) is 10.0. The summed E-state index contributed by atoms with van der Waals surface area (Å²) in [4.78, 5) is 10.8. The Hall–Kier alpha value is -2.17. The van der Waals surface area contributed by atoms with Crippen LogP contribution in [-0.2, 0) is 4.79 Å². The highest BCUT2D eigenvalue weighted by molar-refractivity contribution is 5.74. The van der Waals surface area contributed by atoms with Crippen LogP contribution in [0.5, 0.6) is 0 Å². The van der Waals surface area contributed by atoms with Crippen molar-refractivity contribution >= 4 is 5.97 Å². The van der Waals surface area contributed by atoms with Crippen LogP contribution in [0.15, 0.2) is 36.5 Å². The van der Waals surface area contributed by atoms with Gasteiger partial charge in [0, 0.05) is 5.92 Å². The summed E-state index contributed by atoms with van der Waals surface area (Å²) in [6, 6.07) is 9.64. The van der Waals surface area contributed by atoms with E-state index in [2.05, 4.69) is 10.3 Å². The molecule has 5 nitrogen and oxygen atoms in total. The molecule has 17 heavy (non-hydrogen) atoms. The van der Waals surface area contributed by atoms with Gasteiger partial charge in [0.15, 0.2) is 0 Å². The van der Waals surface area contributed by atoms with Crippen molar-refractivity contribution in [1.29, 1.82) is 0 Å². The summed E-state index contributed by atoms with van der Waals surface area (Å²) in [7, 11) is 0. The lowest BCUT2D eigenvalue weighted by Gasteiger charge is -1.97. The van der Waals surface area contributed by atoms with E-state index >= 15 is 0 Å². The minimum atomic E-state index is -0.746. The maximum atomic E-state index is 10.8. The second-order valence-corrected chi connectivity index (χ2v) is 4.21. The molecule has 0 radical (unpaired) electrons. The van der Waals surface area contributed by atoms with Crippen LogP contribution in [0.3, 0.4) is 0 Å². The first-order valence-corrected chi connectivity index (χ1v) is 5.46. The fourth-order valence-corrected chi connectivity index (χ4v) is 1.95. The molecule has 1 aliphatic carbocycles. The Bertz CT molecular complexity index is 550. The molecule has 0 aliphatic heterocycles. The monoisotopic (exact) mass is 229 g/mol. The van der Waals surface area contributed by atoms with Crippen LogP contribution < -0.4 is 0 Å². The van der Waals surface area contributed by atoms with Crippen molar-refractivity contribution in [2.45, 2.75) is 12.3 Å². The number of aliphatic carboxylic acids is 1. The van der Waals surface area contributed by atoms with Gasteiger partial charge >= 0.3 is 5.97 Å². The van der Waals surface area contributed by atoms with E-state index in [4.69, 9.17) is 5.11 Å². The number of rotatable bonds is 3. The lowest BCUT2D eigenvalue weighted by molar-refractivity contribution is -0.138. The minimum absolute atomic E-state index is 0.0324. The third kappa shape index (κ3) is 1.80. The molecule has 3 rings (SSSR count). The highest BCUT2D eigenvalue weighted by Crippen LogP contribution is 2.46. The van der Waals surface area contributed by atoms with Gasteiger partial charge in [0.2, 0.25) is 0 Å². The standard InChI is InChI=1S/C12H11N3O2/c16-12(17)10-6-9(10)11-7-15(14-13-11)8-4-2-1-3-5-8/h1-5,7,9-10H,6H2,(H,16,17)/t9-,10-/m1/s1. The summed E-state index contributed by atoms with van der Waals surface area (Å²) >= 11 is 0. The number of carboxylic acids is 1. The van der Waals surface area contributed by atoms with Crippen LogP contribution in [0.4, 0.5) is 0 Å². The van der Waals surface area contributed by atoms with Crippen LogP contribution in [0.1, 0.15) is 18.0 Å². The molecule has 1 heterocycles. The highest BCUT2D eigenvalue weighted by atomic mass is 16.4. The van der Waals surface area contributed by atoms with E-state index in [1.54, 1.807) is 4.68 Å². The highest BCUT2D eigenvalue weighted by Gasteiger charge is 2.46. The summed E-state index contributed by atoms with van der Waals surface area (Å²) < 4.78 is 1.67. The molecular formula is C12H11N3O2. The second kappa shape index (κ2) is 3.69. The van der Waals surface area contributed by atoms with E-state index in [1.165, 1.54) is 0 Å². The predicted octanol–water partition coefficient (Wildman–Crippen LogP) is 1.46. The summed E-state index contributed by atoms with van der Waals surface area (Å²) in [6.45, 7) is 0. The largest absolute Gasteiger partial charge is 0.481 e. The van der Waals surface area contributed by atoms with E-state index in [-0.39, 0.29) is 11.8 Å². The number of carboxylic acid groups (broad SMARTS) is 1. The first-order chi connectivity index (χ1) is 8.25. The average Bonchev–Trinajstić information content (AvgIpc) is 3.01. The Morgan fingerprint density at radius 2 is 2.12 bits per heavy atom. The zero-order chi connectivity index (χ0) is 11.8. The van der Waals surface area contributed by atoms with Crippen molar-refractivity contribution in [2.24, 2.45) is 5.92 Å². The smallest absolute Gasteiger partial charge is 0.307 e. The van der Waals surface area contributed by atoms with E-state index in [1.807, 2.05) is 36.5 Å². The Morgan fingerprint density at radius 1 is 1.35 bits per heavy atom. The van der Waals surface area contributed by atoms with Crippen LogP contribution in [-0.4, -0.2) is 26.1 Å². The molecule has 86 valence electrons. The van der Waals surface area contributed by atoms with Crippen LogP contribution in [0.2, 0.25) is 0 Å². The Labute approximate surface area is 97.7 Å². The lowest BCUT2D eigenvalue weighted by Crippen LogP contribution is -1.98. The molecule has 0 saturated heterocycles. The topological polar surface area (TPSA) is 68.0 Å². The van der Waals surface area contributed by atoms with Gasteiger partial charge < -0.3 is 5.11 Å². The quantitative estimate of drug-likeness (QED) is 0.865. The number of hydrogen-bond donors (Lipinski definition) is 1. The summed E-state index contributed by atoms with van der Waals surface area (Å²) in [5, 5.41) is 16.9. The number of nitrogens with zero attached hydrogens (tertiary/aromatic N) is 3. The normalized spacial score (nSPS) is 22.4. The van der Waals surface area contributed by atoms with Crippen molar-refractivity contribution in [3.05, 3.63) is 42.2 Å². The molecule has 1 saturated carbocycles. The van der Waals surface area contributed by atoms with Crippen LogP contribution in [0.25, 0.3) is 5.69 Å². The van der Waals surface area contributed by atoms with Crippen LogP contribution in [0, 0.1) is 5.92 Å². The van der Waals surface area contributed by atoms with Crippen molar-refractivity contribution in [1.82, 2.24) is 15.0 Å². The van der Waals surface area contributed by atoms with Gasteiger partial charge in [-0.2, -0.15) is 0 Å². The van der Waals surface area contributed by atoms with E-state index in [0.29, 0.717) is 6.42 Å². The van der Waals surface area contributed by atoms with E-state index in [9.17, 15) is 4.79 Å². The molecule has 0 spiro atoms. The van der Waals surface area contributed by atoms with Crippen LogP contribution >= 0.6 is 0 Å². The summed E-state index contributed by atoms with van der Waals surface area (Å²) in [5.41, 5.74) is 1.69. The third-order valence-corrected chi connectivity index (χ3v) is 3.02. The lowest BCUT2D eigenvalue weighted by atomic mass is 10.2. The molecule has 2 atom stereocenters. The molecule has 1 aromatic heterocycles. The van der Waals surface area contributed by atoms with Gasteiger partial charge in [-0.25, -0.2) is 4.68 Å². The molecular weight excluding hydrogens is 218 g/mol. The fraction of sp³-hybridized carbons (Fsp3) is 0.250. The number of benzene rings is 1. The summed E-state index contributed by atoms with van der Waals surface area (Å²) in [5.74, 6) is -0.995. The fourth-order valence-electron chi connectivity index (χ4n) is 1.95. The molecule has 1 N–H and O–H groups in total. The Morgan fingerprint density at radius 3 is 2.76 bits per heavy atom. The first-order valence-electron chi connectivity index (χ1n) is 5.46. The molecule has 2 aromatic rings. The number of carbonyl (C=O) groups is 1. The zero-order valence-corrected chi connectivity index (χ0v) is 9.02. The SMILES string of the molecule is O=C(O)[C@@H]1C[C@H]1c1cn(-c2ccccc2)nn1. The maximum absolute atomic E-state index is 10.8. The second-order valence-electron chi connectivity index (χ2n) is 4.21. The van der Waals surface area contributed by atoms with Gasteiger partial charge in [-0.05, 0) is 18.6 Å². The minimum Gasteiger partial charge on any atom is -0.481 e. The number of hydrogen-bond acceptors (Lipinski definition) is 3. The molecule has 0 amide bonds. The maximum Gasteiger partial charge on any atom is 0.307 e. The molecule has 1 fully saturated rings. The number of para-hydroxylation sites is 1. The molecule has 0 bridgehead atoms. The Kier molecular flexibility index (Phi) is 2.18. The zero-order valence-electron chi connectivity index (χ0n) is 9.02. The van der Waals surface area contributed by atoms with Gasteiger partial charge in [0.1, 0.15) is 0 Å². The van der Waals surface area contributed by atoms with Crippen molar-refractivity contribution < 1.29 is 9.90 Å². The predicted molar refractivity (Wildman–Crippen MR) is 59.8 cm³/mol. The van der Waals surface area contributed by atoms with Crippen molar-refractivity contribution in [3.8, 4) is 5.69 Å². The van der Waals surface area contributed by atoms with Gasteiger partial charge in [-0.15, -0.1) is 5.10 Å². The number of aromatic nitrogens is 3. The molecule has 5 heteroatoms. The molecule has 0 unspecified atom stereocenters. The van der Waals surface area contributed by atoms with Gasteiger partial charge in [-0.1, -0.05) is 23.4 Å². The van der Waals surface area contributed by atoms with Crippen molar-refractivity contribution in [3.63, 3.8) is 0 Å². The van der Waals surface area contributed by atoms with Crippen molar-refractivity contribution in [2.75, 3.05) is 0 Å².